The van der Waals surface area contributed by atoms with Crippen molar-refractivity contribution in [1.82, 2.24) is 0 Å². The second-order valence-corrected chi connectivity index (χ2v) is 12.7. The summed E-state index contributed by atoms with van der Waals surface area (Å²) in [5, 5.41) is 9.99. The molecule has 258 valence electrons. The molecule has 0 fully saturated rings. The summed E-state index contributed by atoms with van der Waals surface area (Å²) in [5.41, 5.74) is 0. The summed E-state index contributed by atoms with van der Waals surface area (Å²) in [6.45, 7) is 4.28. The van der Waals surface area contributed by atoms with E-state index in [1.54, 1.807) is 0 Å². The van der Waals surface area contributed by atoms with Crippen LogP contribution in [0.25, 0.3) is 0 Å². The predicted molar refractivity (Wildman–Crippen MR) is 187 cm³/mol. The van der Waals surface area contributed by atoms with Crippen molar-refractivity contribution in [2.45, 2.75) is 200 Å². The molecular formula is C39H72O5. The Bertz CT molecular complexity index is 615. The monoisotopic (exact) mass is 621 g/mol. The second-order valence-electron chi connectivity index (χ2n) is 12.7. The first kappa shape index (κ1) is 42.4. The highest BCUT2D eigenvalue weighted by Crippen LogP contribution is 2.12. The predicted octanol–water partition coefficient (Wildman–Crippen LogP) is 11.5. The smallest absolute Gasteiger partial charge is 0.305 e. The third kappa shape index (κ3) is 34.9. The molecule has 0 rings (SSSR count). The summed E-state index contributed by atoms with van der Waals surface area (Å²) < 4.78 is 10.3. The van der Waals surface area contributed by atoms with Crippen LogP contribution in [0.15, 0.2) is 24.3 Å². The minimum atomic E-state index is -0.967. The molecule has 0 heterocycles. The van der Waals surface area contributed by atoms with Crippen LogP contribution in [0.4, 0.5) is 0 Å². The van der Waals surface area contributed by atoms with Gasteiger partial charge in [-0.1, -0.05) is 141 Å². The van der Waals surface area contributed by atoms with Gasteiger partial charge in [0, 0.05) is 12.8 Å². The first-order chi connectivity index (χ1) is 21.6. The molecule has 0 aromatic heterocycles. The molecule has 0 unspecified atom stereocenters. The molecule has 0 aromatic rings. The van der Waals surface area contributed by atoms with E-state index in [0.29, 0.717) is 12.8 Å². The van der Waals surface area contributed by atoms with Crippen molar-refractivity contribution < 1.29 is 24.2 Å². The number of allylic oxidation sites excluding steroid dienone is 4. The zero-order valence-corrected chi connectivity index (χ0v) is 29.2. The summed E-state index contributed by atoms with van der Waals surface area (Å²) in [6.07, 6.45) is 40.8. The van der Waals surface area contributed by atoms with Gasteiger partial charge >= 0.3 is 11.9 Å². The van der Waals surface area contributed by atoms with Crippen LogP contribution in [-0.4, -0.2) is 36.4 Å². The van der Waals surface area contributed by atoms with Gasteiger partial charge in [-0.3, -0.25) is 9.59 Å². The number of aliphatic hydroxyl groups excluding tert-OH is 1. The lowest BCUT2D eigenvalue weighted by Crippen LogP contribution is -2.25. The Labute approximate surface area is 273 Å². The van der Waals surface area contributed by atoms with Crippen LogP contribution in [0, 0.1) is 0 Å². The highest BCUT2D eigenvalue weighted by Gasteiger charge is 2.12. The Balaban J connectivity index is 3.45. The van der Waals surface area contributed by atoms with E-state index in [2.05, 4.69) is 38.2 Å². The first-order valence-corrected chi connectivity index (χ1v) is 18.9. The van der Waals surface area contributed by atoms with Gasteiger partial charge in [0.2, 0.25) is 0 Å². The molecule has 5 heteroatoms. The average Bonchev–Trinajstić information content (AvgIpc) is 3.02. The molecule has 0 bridgehead atoms. The highest BCUT2D eigenvalue weighted by molar-refractivity contribution is 5.69. The van der Waals surface area contributed by atoms with E-state index in [4.69, 9.17) is 9.47 Å². The number of carbonyl (C=O) groups excluding carboxylic acids is 2. The minimum absolute atomic E-state index is 0.120. The topological polar surface area (TPSA) is 72.8 Å². The molecule has 0 aliphatic carbocycles. The molecule has 0 aromatic carbocycles. The minimum Gasteiger partial charge on any atom is -0.463 e. The maximum absolute atomic E-state index is 11.9. The van der Waals surface area contributed by atoms with Gasteiger partial charge in [0.25, 0.3) is 0 Å². The Morgan fingerprint density at radius 1 is 0.455 bits per heavy atom. The summed E-state index contributed by atoms with van der Waals surface area (Å²) >= 11 is 0. The molecule has 44 heavy (non-hydrogen) atoms. The van der Waals surface area contributed by atoms with E-state index in [1.807, 2.05) is 0 Å². The second kappa shape index (κ2) is 35.9. The quantitative estimate of drug-likeness (QED) is 0.0440. The Kier molecular flexibility index (Phi) is 34.5. The van der Waals surface area contributed by atoms with Gasteiger partial charge in [-0.15, -0.1) is 0 Å². The largest absolute Gasteiger partial charge is 0.463 e. The fourth-order valence-electron chi connectivity index (χ4n) is 5.25. The van der Waals surface area contributed by atoms with Crippen molar-refractivity contribution in [3.05, 3.63) is 24.3 Å². The standard InChI is InChI=1S/C39H72O5/c1-3-5-7-9-11-13-15-17-19-21-23-25-27-29-31-33-38(41)43-35-37(40)36-44-39(42)34-32-30-28-26-24-22-20-18-16-14-12-10-8-6-4-2/h17-20,37,40H,3-16,21-36H2,1-2H3/b19-17+,20-18+. The lowest BCUT2D eigenvalue weighted by Gasteiger charge is -2.12. The molecule has 0 atom stereocenters. The molecule has 5 nitrogen and oxygen atoms in total. The fourth-order valence-corrected chi connectivity index (χ4v) is 5.25. The van der Waals surface area contributed by atoms with Gasteiger partial charge in [-0.25, -0.2) is 0 Å². The van der Waals surface area contributed by atoms with E-state index in [-0.39, 0.29) is 25.2 Å². The van der Waals surface area contributed by atoms with E-state index < -0.39 is 6.10 Å². The van der Waals surface area contributed by atoms with Gasteiger partial charge in [0.05, 0.1) is 0 Å². The lowest BCUT2D eigenvalue weighted by atomic mass is 10.1. The van der Waals surface area contributed by atoms with Crippen LogP contribution >= 0.6 is 0 Å². The Hall–Kier alpha value is -1.62. The van der Waals surface area contributed by atoms with Gasteiger partial charge < -0.3 is 14.6 Å². The number of carbonyl (C=O) groups is 2. The third-order valence-corrected chi connectivity index (χ3v) is 8.16. The van der Waals surface area contributed by atoms with Gasteiger partial charge in [0.1, 0.15) is 19.3 Å². The van der Waals surface area contributed by atoms with E-state index >= 15 is 0 Å². The number of hydrogen-bond donors (Lipinski definition) is 1. The summed E-state index contributed by atoms with van der Waals surface area (Å²) in [7, 11) is 0. The zero-order valence-electron chi connectivity index (χ0n) is 29.2. The van der Waals surface area contributed by atoms with Gasteiger partial charge in [-0.2, -0.15) is 0 Å². The lowest BCUT2D eigenvalue weighted by molar-refractivity contribution is -0.152. The van der Waals surface area contributed by atoms with Crippen molar-refractivity contribution >= 4 is 11.9 Å². The number of ether oxygens (including phenoxy) is 2. The molecule has 0 radical (unpaired) electrons. The van der Waals surface area contributed by atoms with Crippen LogP contribution in [0.2, 0.25) is 0 Å². The van der Waals surface area contributed by atoms with Gasteiger partial charge in [0.15, 0.2) is 0 Å². The average molecular weight is 621 g/mol. The van der Waals surface area contributed by atoms with Crippen molar-refractivity contribution in [3.8, 4) is 0 Å². The van der Waals surface area contributed by atoms with Crippen molar-refractivity contribution in [3.63, 3.8) is 0 Å². The number of hydrogen-bond acceptors (Lipinski definition) is 5. The molecule has 0 aliphatic heterocycles. The Morgan fingerprint density at radius 3 is 1.05 bits per heavy atom. The van der Waals surface area contributed by atoms with Crippen LogP contribution in [0.5, 0.6) is 0 Å². The number of esters is 2. The van der Waals surface area contributed by atoms with E-state index in [9.17, 15) is 14.7 Å². The maximum atomic E-state index is 11.9. The number of aliphatic hydroxyl groups is 1. The molecule has 0 saturated carbocycles. The molecule has 0 aliphatic rings. The summed E-state index contributed by atoms with van der Waals surface area (Å²) in [6, 6.07) is 0. The van der Waals surface area contributed by atoms with Crippen LogP contribution in [0.1, 0.15) is 194 Å². The normalized spacial score (nSPS) is 11.7. The third-order valence-electron chi connectivity index (χ3n) is 8.16. The van der Waals surface area contributed by atoms with E-state index in [0.717, 1.165) is 51.4 Å². The molecular weight excluding hydrogens is 548 g/mol. The van der Waals surface area contributed by atoms with Crippen molar-refractivity contribution in [1.29, 1.82) is 0 Å². The fraction of sp³-hybridized carbons (Fsp3) is 0.846. The number of unbranched alkanes of at least 4 members (excludes halogenated alkanes) is 22. The van der Waals surface area contributed by atoms with E-state index in [1.165, 1.54) is 116 Å². The molecule has 0 amide bonds. The summed E-state index contributed by atoms with van der Waals surface area (Å²) in [4.78, 5) is 23.9. The molecule has 1 N–H and O–H groups in total. The molecule has 0 spiro atoms. The number of rotatable bonds is 34. The van der Waals surface area contributed by atoms with Crippen molar-refractivity contribution in [2.75, 3.05) is 13.2 Å². The van der Waals surface area contributed by atoms with Crippen LogP contribution in [-0.2, 0) is 19.1 Å². The van der Waals surface area contributed by atoms with Crippen LogP contribution < -0.4 is 0 Å². The zero-order chi connectivity index (χ0) is 32.2. The highest BCUT2D eigenvalue weighted by atomic mass is 16.6. The van der Waals surface area contributed by atoms with Crippen LogP contribution in [0.3, 0.4) is 0 Å². The maximum Gasteiger partial charge on any atom is 0.305 e. The van der Waals surface area contributed by atoms with Crippen molar-refractivity contribution in [2.24, 2.45) is 0 Å². The Morgan fingerprint density at radius 2 is 0.727 bits per heavy atom. The summed E-state index contributed by atoms with van der Waals surface area (Å²) in [5.74, 6) is -0.581. The van der Waals surface area contributed by atoms with Gasteiger partial charge in [-0.05, 0) is 64.2 Å². The SMILES string of the molecule is CCCCCCCC/C=C/CCCCCCCC(=O)OCC(O)COC(=O)CCCCCCC/C=C/CCCCCCCC. The molecule has 0 saturated heterocycles. The first-order valence-electron chi connectivity index (χ1n) is 18.9.